The minimum atomic E-state index is -0.00325. The molecule has 3 rings (SSSR count). The lowest BCUT2D eigenvalue weighted by molar-refractivity contribution is -0.132. The van der Waals surface area contributed by atoms with Crippen molar-refractivity contribution in [2.45, 2.75) is 6.04 Å². The van der Waals surface area contributed by atoms with Gasteiger partial charge in [0.1, 0.15) is 11.6 Å². The molecule has 0 bridgehead atoms. The van der Waals surface area contributed by atoms with Crippen molar-refractivity contribution in [3.63, 3.8) is 0 Å². The van der Waals surface area contributed by atoms with Crippen LogP contribution in [0, 0.1) is 0 Å². The fourth-order valence-corrected chi connectivity index (χ4v) is 3.56. The number of piperazine rings is 1. The highest BCUT2D eigenvalue weighted by atomic mass is 32.2. The quantitative estimate of drug-likeness (QED) is 0.872. The highest BCUT2D eigenvalue weighted by molar-refractivity contribution is 7.99. The third-order valence-corrected chi connectivity index (χ3v) is 4.82. The number of methoxy groups -OCH3 is 1. The van der Waals surface area contributed by atoms with Crippen molar-refractivity contribution in [1.29, 1.82) is 0 Å². The van der Waals surface area contributed by atoms with Crippen LogP contribution in [0.5, 0.6) is 5.75 Å². The monoisotopic (exact) mass is 308 g/mol. The number of hydrogen-bond acceptors (Lipinski definition) is 6. The molecule has 1 unspecified atom stereocenters. The number of rotatable bonds is 3. The molecule has 3 heterocycles. The van der Waals surface area contributed by atoms with E-state index in [9.17, 15) is 4.79 Å². The van der Waals surface area contributed by atoms with Crippen molar-refractivity contribution >= 4 is 23.5 Å². The maximum Gasteiger partial charge on any atom is 0.240 e. The van der Waals surface area contributed by atoms with Gasteiger partial charge in [0.25, 0.3) is 0 Å². The number of aromatic nitrogens is 1. The molecule has 0 aliphatic carbocycles. The summed E-state index contributed by atoms with van der Waals surface area (Å²) in [6.45, 7) is 3.12. The van der Waals surface area contributed by atoms with Gasteiger partial charge < -0.3 is 14.5 Å². The molecule has 7 heteroatoms. The zero-order chi connectivity index (χ0) is 14.7. The van der Waals surface area contributed by atoms with E-state index in [0.717, 1.165) is 49.4 Å². The summed E-state index contributed by atoms with van der Waals surface area (Å²) in [5.41, 5.74) is 0. The Labute approximate surface area is 128 Å². The molecule has 0 aromatic carbocycles. The van der Waals surface area contributed by atoms with E-state index >= 15 is 0 Å². The number of amides is 1. The molecule has 1 atom stereocenters. The summed E-state index contributed by atoms with van der Waals surface area (Å²) in [4.78, 5) is 20.9. The van der Waals surface area contributed by atoms with E-state index in [1.54, 1.807) is 25.1 Å². The molecule has 114 valence electrons. The predicted molar refractivity (Wildman–Crippen MR) is 83.8 cm³/mol. The molecule has 1 N–H and O–H groups in total. The Balaban J connectivity index is 1.58. The number of nitrogens with one attached hydrogen (secondary N) is 1. The minimum absolute atomic E-state index is 0.00325. The van der Waals surface area contributed by atoms with E-state index in [-0.39, 0.29) is 11.9 Å². The molecular weight excluding hydrogens is 288 g/mol. The van der Waals surface area contributed by atoms with Crippen molar-refractivity contribution in [3.8, 4) is 5.75 Å². The summed E-state index contributed by atoms with van der Waals surface area (Å²) < 4.78 is 5.23. The van der Waals surface area contributed by atoms with Gasteiger partial charge in [0.05, 0.1) is 13.2 Å². The van der Waals surface area contributed by atoms with Gasteiger partial charge in [-0.25, -0.2) is 4.98 Å². The largest absolute Gasteiger partial charge is 0.497 e. The Bertz CT molecular complexity index is 500. The van der Waals surface area contributed by atoms with E-state index in [1.165, 1.54) is 0 Å². The van der Waals surface area contributed by atoms with Gasteiger partial charge in [0, 0.05) is 50.1 Å². The van der Waals surface area contributed by atoms with Crippen LogP contribution in [0.1, 0.15) is 0 Å². The predicted octanol–water partition coefficient (Wildman–Crippen LogP) is 0.401. The van der Waals surface area contributed by atoms with E-state index < -0.39 is 0 Å². The van der Waals surface area contributed by atoms with Crippen LogP contribution in [0.2, 0.25) is 0 Å². The van der Waals surface area contributed by atoms with Crippen LogP contribution in [0.3, 0.4) is 0 Å². The number of hydrogen-bond donors (Lipinski definition) is 1. The molecule has 0 spiro atoms. The summed E-state index contributed by atoms with van der Waals surface area (Å²) in [6, 6.07) is 3.77. The molecule has 2 aliphatic heterocycles. The molecule has 21 heavy (non-hydrogen) atoms. The number of anilines is 1. The number of ether oxygens (including phenoxy) is 1. The van der Waals surface area contributed by atoms with E-state index in [1.807, 2.05) is 17.0 Å². The molecule has 0 saturated carbocycles. The van der Waals surface area contributed by atoms with Gasteiger partial charge >= 0.3 is 0 Å². The zero-order valence-electron chi connectivity index (χ0n) is 12.1. The lowest BCUT2D eigenvalue weighted by Crippen LogP contribution is -2.53. The van der Waals surface area contributed by atoms with Gasteiger partial charge in [0.15, 0.2) is 0 Å². The maximum absolute atomic E-state index is 12.3. The number of thioether (sulfide) groups is 1. The molecule has 6 nitrogen and oxygen atoms in total. The number of pyridine rings is 1. The second-order valence-electron chi connectivity index (χ2n) is 5.14. The van der Waals surface area contributed by atoms with Gasteiger partial charge in [-0.3, -0.25) is 10.1 Å². The zero-order valence-corrected chi connectivity index (χ0v) is 12.9. The number of nitrogens with zero attached hydrogens (tertiary/aromatic N) is 3. The molecule has 1 amide bonds. The molecule has 1 aromatic rings. The van der Waals surface area contributed by atoms with Crippen LogP contribution in [0.25, 0.3) is 0 Å². The molecule has 1 aromatic heterocycles. The summed E-state index contributed by atoms with van der Waals surface area (Å²) in [6.07, 6.45) is 1.76. The van der Waals surface area contributed by atoms with Crippen LogP contribution >= 0.6 is 11.8 Å². The second kappa shape index (κ2) is 6.53. The fraction of sp³-hybridized carbons (Fsp3) is 0.571. The van der Waals surface area contributed by atoms with Crippen LogP contribution in [-0.2, 0) is 4.79 Å². The average molecular weight is 308 g/mol. The first-order chi connectivity index (χ1) is 10.3. The van der Waals surface area contributed by atoms with Gasteiger partial charge in [-0.1, -0.05) is 0 Å². The second-order valence-corrected chi connectivity index (χ2v) is 6.17. The van der Waals surface area contributed by atoms with Crippen LogP contribution in [0.4, 0.5) is 5.82 Å². The van der Waals surface area contributed by atoms with Crippen molar-refractivity contribution in [1.82, 2.24) is 15.2 Å². The summed E-state index contributed by atoms with van der Waals surface area (Å²) in [7, 11) is 1.66. The normalized spacial score (nSPS) is 22.4. The first-order valence-corrected chi connectivity index (χ1v) is 8.28. The average Bonchev–Trinajstić information content (AvgIpc) is 3.09. The summed E-state index contributed by atoms with van der Waals surface area (Å²) in [5.74, 6) is 3.72. The molecule has 2 fully saturated rings. The maximum atomic E-state index is 12.3. The Morgan fingerprint density at radius 3 is 2.90 bits per heavy atom. The molecule has 2 saturated heterocycles. The Morgan fingerprint density at radius 2 is 2.24 bits per heavy atom. The molecule has 2 aliphatic rings. The van der Waals surface area contributed by atoms with Gasteiger partial charge in [-0.2, -0.15) is 0 Å². The first kappa shape index (κ1) is 14.5. The van der Waals surface area contributed by atoms with E-state index in [0.29, 0.717) is 0 Å². The van der Waals surface area contributed by atoms with Gasteiger partial charge in [-0.05, 0) is 6.07 Å². The van der Waals surface area contributed by atoms with E-state index in [2.05, 4.69) is 15.2 Å². The SMILES string of the molecule is COc1ccnc(N2CCN(C(=O)C3CSCN3)CC2)c1. The Hall–Kier alpha value is -1.47. The topological polar surface area (TPSA) is 57.7 Å². The Morgan fingerprint density at radius 1 is 1.43 bits per heavy atom. The van der Waals surface area contributed by atoms with Gasteiger partial charge in [-0.15, -0.1) is 11.8 Å². The summed E-state index contributed by atoms with van der Waals surface area (Å²) >= 11 is 1.78. The number of carbonyl (C=O) groups excluding carboxylic acids is 1. The Kier molecular flexibility index (Phi) is 4.50. The molecular formula is C14H20N4O2S. The van der Waals surface area contributed by atoms with Crippen LogP contribution < -0.4 is 15.0 Å². The summed E-state index contributed by atoms with van der Waals surface area (Å²) in [5, 5.41) is 3.24. The van der Waals surface area contributed by atoms with Crippen LogP contribution in [0.15, 0.2) is 18.3 Å². The first-order valence-electron chi connectivity index (χ1n) is 7.13. The smallest absolute Gasteiger partial charge is 0.240 e. The standard InChI is InChI=1S/C14H20N4O2S/c1-20-11-2-3-15-13(8-11)17-4-6-18(7-5-17)14(19)12-9-21-10-16-12/h2-3,8,12,16H,4-7,9-10H2,1H3. The van der Waals surface area contributed by atoms with Crippen molar-refractivity contribution in [2.75, 3.05) is 49.8 Å². The minimum Gasteiger partial charge on any atom is -0.497 e. The third kappa shape index (κ3) is 3.24. The van der Waals surface area contributed by atoms with Crippen molar-refractivity contribution in [3.05, 3.63) is 18.3 Å². The lowest BCUT2D eigenvalue weighted by atomic mass is 10.2. The van der Waals surface area contributed by atoms with Crippen molar-refractivity contribution in [2.24, 2.45) is 0 Å². The highest BCUT2D eigenvalue weighted by Crippen LogP contribution is 2.20. The number of carbonyl (C=O) groups is 1. The third-order valence-electron chi connectivity index (χ3n) is 3.88. The molecule has 0 radical (unpaired) electrons. The van der Waals surface area contributed by atoms with Gasteiger partial charge in [0.2, 0.25) is 5.91 Å². The highest BCUT2D eigenvalue weighted by Gasteiger charge is 2.29. The lowest BCUT2D eigenvalue weighted by Gasteiger charge is -2.36. The fourth-order valence-electron chi connectivity index (χ4n) is 2.63. The van der Waals surface area contributed by atoms with Crippen LogP contribution in [-0.4, -0.2) is 66.8 Å². The van der Waals surface area contributed by atoms with E-state index in [4.69, 9.17) is 4.74 Å². The van der Waals surface area contributed by atoms with Crippen molar-refractivity contribution < 1.29 is 9.53 Å².